The molecule has 39 heavy (non-hydrogen) atoms. The van der Waals surface area contributed by atoms with Crippen molar-refractivity contribution in [1.82, 2.24) is 0 Å². The Hall–Kier alpha value is -0.0400. The van der Waals surface area contributed by atoms with Gasteiger partial charge in [-0.15, -0.1) is 0 Å². The molecule has 0 aliphatic heterocycles. The summed E-state index contributed by atoms with van der Waals surface area (Å²) in [4.78, 5) is 0. The third kappa shape index (κ3) is 19.7. The average Bonchev–Trinajstić information content (AvgIpc) is 2.95. The summed E-state index contributed by atoms with van der Waals surface area (Å²) >= 11 is 0. The Morgan fingerprint density at radius 3 is 1.00 bits per heavy atom. The highest BCUT2D eigenvalue weighted by atomic mass is 16.2. The van der Waals surface area contributed by atoms with E-state index >= 15 is 0 Å². The topological polar surface area (TPSA) is 20.2 Å². The molecule has 1 fully saturated rings. The van der Waals surface area contributed by atoms with Crippen LogP contribution in [0, 0.1) is 23.7 Å². The van der Waals surface area contributed by atoms with E-state index in [1.807, 2.05) is 0 Å². The predicted molar refractivity (Wildman–Crippen MR) is 177 cm³/mol. The second kappa shape index (κ2) is 28.1. The van der Waals surface area contributed by atoms with Gasteiger partial charge in [0, 0.05) is 6.61 Å². The highest BCUT2D eigenvalue weighted by Gasteiger charge is 2.37. The zero-order valence-electron chi connectivity index (χ0n) is 27.7. The van der Waals surface area contributed by atoms with Crippen molar-refractivity contribution in [2.75, 3.05) is 6.61 Å². The number of aliphatic hydroxyl groups is 1. The standard InChI is InChI=1S/C38H76O/c1-4-7-10-13-17-20-24-29-36-33-32-35(28-23-11-8-5-2)37(30-25-12-9-6-3)38(36)31-26-21-18-15-14-16-19-22-27-34-39/h35-39H,4-34H2,1-3H3. The smallest absolute Gasteiger partial charge is 0.0431 e. The monoisotopic (exact) mass is 549 g/mol. The third-order valence-electron chi connectivity index (χ3n) is 10.4. The summed E-state index contributed by atoms with van der Waals surface area (Å²) in [7, 11) is 0. The van der Waals surface area contributed by atoms with Gasteiger partial charge >= 0.3 is 0 Å². The Morgan fingerprint density at radius 2 is 0.641 bits per heavy atom. The van der Waals surface area contributed by atoms with Crippen molar-refractivity contribution in [2.24, 2.45) is 23.7 Å². The Bertz CT molecular complexity index is 471. The fourth-order valence-corrected chi connectivity index (χ4v) is 7.90. The van der Waals surface area contributed by atoms with Crippen molar-refractivity contribution in [1.29, 1.82) is 0 Å². The average molecular weight is 549 g/mol. The summed E-state index contributed by atoms with van der Waals surface area (Å²) in [5.74, 6) is 4.15. The molecule has 1 rings (SSSR count). The van der Waals surface area contributed by atoms with E-state index in [1.165, 1.54) is 154 Å². The molecule has 0 aromatic carbocycles. The van der Waals surface area contributed by atoms with E-state index in [-0.39, 0.29) is 0 Å². The van der Waals surface area contributed by atoms with Gasteiger partial charge in [-0.2, -0.15) is 0 Å². The predicted octanol–water partition coefficient (Wildman–Crippen LogP) is 13.2. The van der Waals surface area contributed by atoms with Crippen molar-refractivity contribution in [3.63, 3.8) is 0 Å². The van der Waals surface area contributed by atoms with Gasteiger partial charge in [0.05, 0.1) is 0 Å². The molecule has 1 heteroatoms. The molecule has 0 aromatic rings. The first kappa shape index (κ1) is 37.0. The van der Waals surface area contributed by atoms with Crippen molar-refractivity contribution in [2.45, 2.75) is 213 Å². The van der Waals surface area contributed by atoms with Gasteiger partial charge in [0.15, 0.2) is 0 Å². The van der Waals surface area contributed by atoms with Crippen molar-refractivity contribution in [3.05, 3.63) is 0 Å². The van der Waals surface area contributed by atoms with Crippen molar-refractivity contribution < 1.29 is 5.11 Å². The first-order valence-corrected chi connectivity index (χ1v) is 18.9. The minimum Gasteiger partial charge on any atom is -0.396 e. The highest BCUT2D eigenvalue weighted by molar-refractivity contribution is 4.88. The lowest BCUT2D eigenvalue weighted by Crippen LogP contribution is -2.35. The van der Waals surface area contributed by atoms with Gasteiger partial charge < -0.3 is 5.11 Å². The normalized spacial score (nSPS) is 21.5. The Kier molecular flexibility index (Phi) is 26.6. The maximum atomic E-state index is 8.96. The van der Waals surface area contributed by atoms with Gasteiger partial charge in [0.2, 0.25) is 0 Å². The summed E-state index contributed by atoms with van der Waals surface area (Å²) < 4.78 is 0. The Labute approximate surface area is 248 Å². The molecule has 0 spiro atoms. The molecule has 1 aliphatic carbocycles. The number of aliphatic hydroxyl groups excluding tert-OH is 1. The van der Waals surface area contributed by atoms with Gasteiger partial charge in [0.25, 0.3) is 0 Å². The second-order valence-electron chi connectivity index (χ2n) is 13.7. The van der Waals surface area contributed by atoms with E-state index in [2.05, 4.69) is 20.8 Å². The van der Waals surface area contributed by atoms with Crippen LogP contribution in [0.3, 0.4) is 0 Å². The molecule has 0 radical (unpaired) electrons. The number of hydrogen-bond donors (Lipinski definition) is 1. The third-order valence-corrected chi connectivity index (χ3v) is 10.4. The fraction of sp³-hybridized carbons (Fsp3) is 1.00. The summed E-state index contributed by atoms with van der Waals surface area (Å²) in [6.45, 7) is 7.44. The van der Waals surface area contributed by atoms with Crippen LogP contribution in [-0.4, -0.2) is 11.7 Å². The van der Waals surface area contributed by atoms with Crippen molar-refractivity contribution in [3.8, 4) is 0 Å². The molecule has 4 atom stereocenters. The lowest BCUT2D eigenvalue weighted by Gasteiger charge is -2.44. The van der Waals surface area contributed by atoms with Crippen LogP contribution in [0.15, 0.2) is 0 Å². The van der Waals surface area contributed by atoms with Crippen LogP contribution < -0.4 is 0 Å². The van der Waals surface area contributed by atoms with Gasteiger partial charge in [-0.05, 0) is 55.8 Å². The molecular formula is C38H76O. The molecule has 0 amide bonds. The van der Waals surface area contributed by atoms with Gasteiger partial charge in [-0.25, -0.2) is 0 Å². The first-order chi connectivity index (χ1) is 19.3. The van der Waals surface area contributed by atoms with Crippen LogP contribution in [0.2, 0.25) is 0 Å². The largest absolute Gasteiger partial charge is 0.396 e. The SMILES string of the molecule is CCCCCCCCCC1CCC(CCCCCC)C(CCCCCC)C1CCCCCCCCCCCO. The van der Waals surface area contributed by atoms with E-state index in [0.29, 0.717) is 6.61 Å². The van der Waals surface area contributed by atoms with E-state index in [0.717, 1.165) is 30.1 Å². The minimum absolute atomic E-state index is 0.375. The minimum atomic E-state index is 0.375. The molecule has 0 heterocycles. The summed E-state index contributed by atoms with van der Waals surface area (Å²) in [6, 6.07) is 0. The molecule has 1 N–H and O–H groups in total. The molecule has 4 unspecified atom stereocenters. The summed E-state index contributed by atoms with van der Waals surface area (Å²) in [6.07, 6.45) is 43.3. The summed E-state index contributed by atoms with van der Waals surface area (Å²) in [5.41, 5.74) is 0. The molecule has 0 saturated heterocycles. The van der Waals surface area contributed by atoms with Gasteiger partial charge in [-0.3, -0.25) is 0 Å². The van der Waals surface area contributed by atoms with Gasteiger partial charge in [0.1, 0.15) is 0 Å². The highest BCUT2D eigenvalue weighted by Crippen LogP contribution is 2.47. The van der Waals surface area contributed by atoms with Crippen LogP contribution in [0.1, 0.15) is 213 Å². The quantitative estimate of drug-likeness (QED) is 0.0921. The van der Waals surface area contributed by atoms with E-state index < -0.39 is 0 Å². The van der Waals surface area contributed by atoms with Crippen LogP contribution >= 0.6 is 0 Å². The zero-order chi connectivity index (χ0) is 28.2. The van der Waals surface area contributed by atoms with Crippen LogP contribution in [0.25, 0.3) is 0 Å². The Balaban J connectivity index is 2.62. The molecule has 1 nitrogen and oxygen atoms in total. The molecule has 1 aliphatic rings. The maximum Gasteiger partial charge on any atom is 0.0431 e. The lowest BCUT2D eigenvalue weighted by atomic mass is 9.61. The molecule has 234 valence electrons. The molecule has 0 bridgehead atoms. The number of rotatable bonds is 29. The van der Waals surface area contributed by atoms with Crippen LogP contribution in [0.5, 0.6) is 0 Å². The lowest BCUT2D eigenvalue weighted by molar-refractivity contribution is 0.0581. The van der Waals surface area contributed by atoms with E-state index in [9.17, 15) is 0 Å². The number of hydrogen-bond acceptors (Lipinski definition) is 1. The van der Waals surface area contributed by atoms with E-state index in [4.69, 9.17) is 5.11 Å². The first-order valence-electron chi connectivity index (χ1n) is 18.9. The van der Waals surface area contributed by atoms with E-state index in [1.54, 1.807) is 32.1 Å². The summed E-state index contributed by atoms with van der Waals surface area (Å²) in [5, 5.41) is 8.96. The number of unbranched alkanes of at least 4 members (excludes halogenated alkanes) is 20. The molecule has 1 saturated carbocycles. The van der Waals surface area contributed by atoms with Crippen LogP contribution in [-0.2, 0) is 0 Å². The van der Waals surface area contributed by atoms with Crippen LogP contribution in [0.4, 0.5) is 0 Å². The zero-order valence-corrected chi connectivity index (χ0v) is 27.7. The maximum absolute atomic E-state index is 8.96. The fourth-order valence-electron chi connectivity index (χ4n) is 7.90. The van der Waals surface area contributed by atoms with Crippen molar-refractivity contribution >= 4 is 0 Å². The second-order valence-corrected chi connectivity index (χ2v) is 13.7. The Morgan fingerprint density at radius 1 is 0.359 bits per heavy atom. The van der Waals surface area contributed by atoms with Gasteiger partial charge in [-0.1, -0.05) is 181 Å². The molecular weight excluding hydrogens is 472 g/mol. The molecule has 0 aromatic heterocycles.